The first-order valence-electron chi connectivity index (χ1n) is 5.97. The van der Waals surface area contributed by atoms with Crippen LogP contribution in [0.2, 0.25) is 5.15 Å². The highest BCUT2D eigenvalue weighted by Gasteiger charge is 2.18. The zero-order chi connectivity index (χ0) is 12.6. The van der Waals surface area contributed by atoms with Crippen molar-refractivity contribution in [3.8, 4) is 0 Å². The summed E-state index contributed by atoms with van der Waals surface area (Å²) in [6.45, 7) is 8.12. The summed E-state index contributed by atoms with van der Waals surface area (Å²) < 4.78 is 1.99. The molecule has 2 aromatic heterocycles. The maximum atomic E-state index is 6.17. The van der Waals surface area contributed by atoms with E-state index in [1.54, 1.807) is 0 Å². The molecule has 0 bridgehead atoms. The summed E-state index contributed by atoms with van der Waals surface area (Å²) in [7, 11) is 0. The normalized spacial score (nSPS) is 11.6. The second-order valence-electron chi connectivity index (χ2n) is 4.26. The lowest BCUT2D eigenvalue weighted by Crippen LogP contribution is -2.09. The van der Waals surface area contributed by atoms with Crippen LogP contribution in [0.1, 0.15) is 44.2 Å². The number of rotatable bonds is 3. The molecule has 0 aliphatic heterocycles. The van der Waals surface area contributed by atoms with Crippen molar-refractivity contribution in [3.63, 3.8) is 0 Å². The predicted molar refractivity (Wildman–Crippen MR) is 69.4 cm³/mol. The Labute approximate surface area is 106 Å². The Kier molecular flexibility index (Phi) is 3.33. The Morgan fingerprint density at radius 2 is 1.82 bits per heavy atom. The molecule has 92 valence electrons. The van der Waals surface area contributed by atoms with E-state index >= 15 is 0 Å². The van der Waals surface area contributed by atoms with Gasteiger partial charge in [-0.05, 0) is 26.7 Å². The molecule has 0 N–H and O–H groups in total. The Morgan fingerprint density at radius 1 is 1.18 bits per heavy atom. The summed E-state index contributed by atoms with van der Waals surface area (Å²) in [4.78, 5) is 8.67. The van der Waals surface area contributed by atoms with E-state index in [1.165, 1.54) is 0 Å². The Hall–Kier alpha value is -1.16. The number of hydrogen-bond acceptors (Lipinski definition) is 3. The molecule has 2 aromatic rings. The van der Waals surface area contributed by atoms with Gasteiger partial charge in [0.1, 0.15) is 11.0 Å². The third kappa shape index (κ3) is 2.02. The predicted octanol–water partition coefficient (Wildman–Crippen LogP) is 3.46. The van der Waals surface area contributed by atoms with Crippen LogP contribution >= 0.6 is 11.6 Å². The molecule has 0 unspecified atom stereocenters. The first-order chi connectivity index (χ1) is 8.08. The molecule has 0 aromatic carbocycles. The molecule has 0 spiro atoms. The summed E-state index contributed by atoms with van der Waals surface area (Å²) in [6.07, 6.45) is 2.07. The monoisotopic (exact) mass is 252 g/mol. The smallest absolute Gasteiger partial charge is 0.163 e. The second kappa shape index (κ2) is 4.61. The van der Waals surface area contributed by atoms with Gasteiger partial charge < -0.3 is 0 Å². The zero-order valence-corrected chi connectivity index (χ0v) is 11.4. The quantitative estimate of drug-likeness (QED) is 0.786. The van der Waals surface area contributed by atoms with Crippen molar-refractivity contribution in [1.82, 2.24) is 19.7 Å². The molecule has 5 heteroatoms. The number of hydrogen-bond donors (Lipinski definition) is 0. The molecule has 2 rings (SSSR count). The van der Waals surface area contributed by atoms with Crippen molar-refractivity contribution in [1.29, 1.82) is 0 Å². The van der Waals surface area contributed by atoms with Gasteiger partial charge in [0.25, 0.3) is 0 Å². The SMILES string of the molecule is CCC(CC)n1nc(C)c2c(Cl)nc(C)nc21. The summed E-state index contributed by atoms with van der Waals surface area (Å²) >= 11 is 6.17. The number of aryl methyl sites for hydroxylation is 2. The fraction of sp³-hybridized carbons (Fsp3) is 0.583. The number of halogens is 1. The molecular formula is C12H17ClN4. The van der Waals surface area contributed by atoms with Crippen LogP contribution in [0.15, 0.2) is 0 Å². The maximum absolute atomic E-state index is 6.17. The van der Waals surface area contributed by atoms with Gasteiger partial charge in [0.15, 0.2) is 5.65 Å². The third-order valence-electron chi connectivity index (χ3n) is 3.08. The third-order valence-corrected chi connectivity index (χ3v) is 3.36. The van der Waals surface area contributed by atoms with Crippen molar-refractivity contribution >= 4 is 22.6 Å². The summed E-state index contributed by atoms with van der Waals surface area (Å²) in [5, 5.41) is 5.94. The Bertz CT molecular complexity index is 543. The van der Waals surface area contributed by atoms with Crippen LogP contribution < -0.4 is 0 Å². The number of nitrogens with zero attached hydrogens (tertiary/aromatic N) is 4. The van der Waals surface area contributed by atoms with Crippen molar-refractivity contribution in [2.24, 2.45) is 0 Å². The van der Waals surface area contributed by atoms with E-state index in [-0.39, 0.29) is 0 Å². The molecule has 0 saturated heterocycles. The van der Waals surface area contributed by atoms with Crippen LogP contribution in [0.3, 0.4) is 0 Å². The van der Waals surface area contributed by atoms with Gasteiger partial charge in [0.2, 0.25) is 0 Å². The molecule has 0 fully saturated rings. The highest BCUT2D eigenvalue weighted by molar-refractivity contribution is 6.34. The minimum Gasteiger partial charge on any atom is -0.244 e. The van der Waals surface area contributed by atoms with E-state index < -0.39 is 0 Å². The van der Waals surface area contributed by atoms with E-state index in [0.717, 1.165) is 29.6 Å². The molecule has 0 radical (unpaired) electrons. The van der Waals surface area contributed by atoms with E-state index in [2.05, 4.69) is 28.9 Å². The number of fused-ring (bicyclic) bond motifs is 1. The average Bonchev–Trinajstić information content (AvgIpc) is 2.58. The van der Waals surface area contributed by atoms with Gasteiger partial charge in [0.05, 0.1) is 17.1 Å². The first kappa shape index (κ1) is 12.3. The van der Waals surface area contributed by atoms with E-state index in [1.807, 2.05) is 18.5 Å². The van der Waals surface area contributed by atoms with E-state index in [9.17, 15) is 0 Å². The molecule has 0 saturated carbocycles. The van der Waals surface area contributed by atoms with Crippen LogP contribution in [0.4, 0.5) is 0 Å². The van der Waals surface area contributed by atoms with Crippen LogP contribution in [0, 0.1) is 13.8 Å². The summed E-state index contributed by atoms with van der Waals surface area (Å²) in [5.41, 5.74) is 1.76. The molecule has 0 atom stereocenters. The van der Waals surface area contributed by atoms with E-state index in [0.29, 0.717) is 17.0 Å². The standard InChI is InChI=1S/C12H17ClN4/c1-5-9(6-2)17-12-10(7(3)16-17)11(13)14-8(4)15-12/h9H,5-6H2,1-4H3. The van der Waals surface area contributed by atoms with Gasteiger partial charge in [-0.2, -0.15) is 5.10 Å². The molecule has 2 heterocycles. The molecule has 17 heavy (non-hydrogen) atoms. The minimum absolute atomic E-state index is 0.372. The van der Waals surface area contributed by atoms with Crippen molar-refractivity contribution in [2.45, 2.75) is 46.6 Å². The Morgan fingerprint density at radius 3 is 2.41 bits per heavy atom. The van der Waals surface area contributed by atoms with Gasteiger partial charge in [-0.1, -0.05) is 25.4 Å². The van der Waals surface area contributed by atoms with Crippen molar-refractivity contribution < 1.29 is 0 Å². The average molecular weight is 253 g/mol. The molecule has 0 amide bonds. The van der Waals surface area contributed by atoms with Gasteiger partial charge in [-0.3, -0.25) is 0 Å². The van der Waals surface area contributed by atoms with Gasteiger partial charge in [-0.25, -0.2) is 14.6 Å². The van der Waals surface area contributed by atoms with E-state index in [4.69, 9.17) is 11.6 Å². The summed E-state index contributed by atoms with van der Waals surface area (Å²) in [6, 6.07) is 0.372. The highest BCUT2D eigenvalue weighted by Crippen LogP contribution is 2.27. The largest absolute Gasteiger partial charge is 0.244 e. The lowest BCUT2D eigenvalue weighted by Gasteiger charge is -2.13. The molecular weight excluding hydrogens is 236 g/mol. The second-order valence-corrected chi connectivity index (χ2v) is 4.62. The lowest BCUT2D eigenvalue weighted by atomic mass is 10.2. The van der Waals surface area contributed by atoms with Gasteiger partial charge in [0, 0.05) is 0 Å². The highest BCUT2D eigenvalue weighted by atomic mass is 35.5. The lowest BCUT2D eigenvalue weighted by molar-refractivity contribution is 0.436. The van der Waals surface area contributed by atoms with Gasteiger partial charge >= 0.3 is 0 Å². The van der Waals surface area contributed by atoms with Crippen molar-refractivity contribution in [2.75, 3.05) is 0 Å². The van der Waals surface area contributed by atoms with Crippen LogP contribution in [0.25, 0.3) is 11.0 Å². The first-order valence-corrected chi connectivity index (χ1v) is 6.35. The van der Waals surface area contributed by atoms with Crippen LogP contribution in [-0.2, 0) is 0 Å². The molecule has 0 aliphatic rings. The fourth-order valence-corrected chi connectivity index (χ4v) is 2.49. The van der Waals surface area contributed by atoms with Gasteiger partial charge in [-0.15, -0.1) is 0 Å². The topological polar surface area (TPSA) is 43.6 Å². The van der Waals surface area contributed by atoms with Crippen molar-refractivity contribution in [3.05, 3.63) is 16.7 Å². The number of aromatic nitrogens is 4. The van der Waals surface area contributed by atoms with Crippen LogP contribution in [0.5, 0.6) is 0 Å². The summed E-state index contributed by atoms with van der Waals surface area (Å²) in [5.74, 6) is 0.689. The zero-order valence-electron chi connectivity index (χ0n) is 10.7. The Balaban J connectivity index is 2.73. The maximum Gasteiger partial charge on any atom is 0.163 e. The fourth-order valence-electron chi connectivity index (χ4n) is 2.15. The minimum atomic E-state index is 0.372. The van der Waals surface area contributed by atoms with Crippen LogP contribution in [-0.4, -0.2) is 19.7 Å². The molecule has 4 nitrogen and oxygen atoms in total. The molecule has 0 aliphatic carbocycles.